The molecule has 19 heteroatoms. The number of benzene rings is 2. The molecule has 270 valence electrons. The third-order valence-electron chi connectivity index (χ3n) is 7.94. The highest BCUT2D eigenvalue weighted by molar-refractivity contribution is 8.00. The molecule has 2 fully saturated rings. The number of aliphatic hydroxyl groups is 1. The van der Waals surface area contributed by atoms with Gasteiger partial charge in [0.1, 0.15) is 35.5 Å². The van der Waals surface area contributed by atoms with Crippen molar-refractivity contribution in [1.82, 2.24) is 20.3 Å². The van der Waals surface area contributed by atoms with E-state index in [2.05, 4.69) is 15.6 Å². The van der Waals surface area contributed by atoms with Crippen LogP contribution in [-0.4, -0.2) is 87.1 Å². The summed E-state index contributed by atoms with van der Waals surface area (Å²) in [7, 11) is 0. The molecule has 0 spiro atoms. The van der Waals surface area contributed by atoms with Gasteiger partial charge in [-0.1, -0.05) is 23.4 Å². The van der Waals surface area contributed by atoms with Gasteiger partial charge in [-0.15, -0.1) is 16.9 Å². The molecule has 0 aliphatic carbocycles. The van der Waals surface area contributed by atoms with Crippen LogP contribution in [0.1, 0.15) is 43.2 Å². The summed E-state index contributed by atoms with van der Waals surface area (Å²) < 4.78 is 108. The Morgan fingerprint density at radius 1 is 1.04 bits per heavy atom. The molecule has 1 unspecified atom stereocenters. The van der Waals surface area contributed by atoms with E-state index in [0.29, 0.717) is 23.9 Å². The standard InChI is InChI=1S/C31H30F6N4O8S/c1-14(42)46-11-23-26(47-15(2)43)25(41-10-22(39-40-41)17-8-20(32)24(34)21(33)9-17)27(48-16(3)44)29(49-23)50-28(30(45)12-38-13-30)18-6-4-5-7-19(18)31(35,36)37/h4-10,23,25-29,38,45H,11-13H2,1-3H3/t23-,25+,26+,27-,28?,29+/m1/s1. The van der Waals surface area contributed by atoms with Crippen LogP contribution in [0.15, 0.2) is 42.6 Å². The molecule has 0 saturated carbocycles. The Morgan fingerprint density at radius 3 is 2.22 bits per heavy atom. The van der Waals surface area contributed by atoms with E-state index in [1.54, 1.807) is 0 Å². The maximum absolute atomic E-state index is 14.3. The van der Waals surface area contributed by atoms with Crippen LogP contribution >= 0.6 is 11.8 Å². The average molecular weight is 733 g/mol. The molecule has 3 heterocycles. The molecule has 12 nitrogen and oxygen atoms in total. The van der Waals surface area contributed by atoms with Crippen molar-refractivity contribution in [1.29, 1.82) is 0 Å². The summed E-state index contributed by atoms with van der Waals surface area (Å²) in [6.07, 6.45) is -8.14. The number of carbonyl (C=O) groups excluding carboxylic acids is 3. The van der Waals surface area contributed by atoms with Gasteiger partial charge in [0, 0.05) is 39.4 Å². The molecule has 3 aromatic rings. The molecule has 1 aromatic heterocycles. The van der Waals surface area contributed by atoms with Gasteiger partial charge >= 0.3 is 24.1 Å². The summed E-state index contributed by atoms with van der Waals surface area (Å²) in [6, 6.07) is 4.47. The van der Waals surface area contributed by atoms with Crippen LogP contribution in [0.25, 0.3) is 11.3 Å². The molecular weight excluding hydrogens is 702 g/mol. The van der Waals surface area contributed by atoms with E-state index >= 15 is 0 Å². The lowest BCUT2D eigenvalue weighted by Crippen LogP contribution is -2.63. The van der Waals surface area contributed by atoms with Gasteiger partial charge in [-0.05, 0) is 23.8 Å². The predicted molar refractivity (Wildman–Crippen MR) is 160 cm³/mol. The predicted octanol–water partition coefficient (Wildman–Crippen LogP) is 3.88. The van der Waals surface area contributed by atoms with E-state index in [-0.39, 0.29) is 29.9 Å². The first-order valence-corrected chi connectivity index (χ1v) is 15.9. The minimum absolute atomic E-state index is 0.116. The number of nitrogens with zero attached hydrogens (tertiary/aromatic N) is 3. The Kier molecular flexibility index (Phi) is 10.8. The molecule has 0 amide bonds. The van der Waals surface area contributed by atoms with Crippen LogP contribution in [0.3, 0.4) is 0 Å². The fraction of sp³-hybridized carbons (Fsp3) is 0.452. The zero-order valence-electron chi connectivity index (χ0n) is 26.4. The van der Waals surface area contributed by atoms with Crippen molar-refractivity contribution in [3.63, 3.8) is 0 Å². The highest BCUT2D eigenvalue weighted by atomic mass is 32.2. The summed E-state index contributed by atoms with van der Waals surface area (Å²) in [6.45, 7) is 2.36. The van der Waals surface area contributed by atoms with Crippen molar-refractivity contribution in [2.45, 2.75) is 67.6 Å². The van der Waals surface area contributed by atoms with E-state index in [0.717, 1.165) is 37.7 Å². The number of rotatable bonds is 10. The van der Waals surface area contributed by atoms with Gasteiger partial charge in [-0.25, -0.2) is 17.9 Å². The number of ether oxygens (including phenoxy) is 4. The van der Waals surface area contributed by atoms with Gasteiger partial charge in [0.25, 0.3) is 0 Å². The summed E-state index contributed by atoms with van der Waals surface area (Å²) in [5.41, 5.74) is -5.04. The highest BCUT2D eigenvalue weighted by Gasteiger charge is 2.55. The van der Waals surface area contributed by atoms with Crippen molar-refractivity contribution in [3.8, 4) is 11.3 Å². The van der Waals surface area contributed by atoms with Gasteiger partial charge in [-0.2, -0.15) is 13.2 Å². The molecule has 2 aliphatic heterocycles. The summed E-state index contributed by atoms with van der Waals surface area (Å²) in [4.78, 5) is 36.8. The van der Waals surface area contributed by atoms with Crippen LogP contribution in [0.5, 0.6) is 0 Å². The van der Waals surface area contributed by atoms with E-state index < -0.39 is 94.3 Å². The molecule has 2 aromatic carbocycles. The monoisotopic (exact) mass is 732 g/mol. The van der Waals surface area contributed by atoms with E-state index in [1.807, 2.05) is 0 Å². The van der Waals surface area contributed by atoms with E-state index in [1.165, 1.54) is 18.2 Å². The van der Waals surface area contributed by atoms with Gasteiger partial charge in [0.05, 0.1) is 17.0 Å². The minimum atomic E-state index is -4.83. The molecule has 50 heavy (non-hydrogen) atoms. The highest BCUT2D eigenvalue weighted by Crippen LogP contribution is 2.51. The molecule has 2 N–H and O–H groups in total. The van der Waals surface area contributed by atoms with Gasteiger partial charge < -0.3 is 29.4 Å². The summed E-state index contributed by atoms with van der Waals surface area (Å²) in [5.74, 6) is -7.33. The first-order valence-electron chi connectivity index (χ1n) is 14.9. The topological polar surface area (TPSA) is 151 Å². The third-order valence-corrected chi connectivity index (χ3v) is 9.55. The van der Waals surface area contributed by atoms with Crippen molar-refractivity contribution in [2.75, 3.05) is 19.7 Å². The minimum Gasteiger partial charge on any atom is -0.463 e. The molecule has 2 saturated heterocycles. The number of hydrogen-bond donors (Lipinski definition) is 2. The van der Waals surface area contributed by atoms with Crippen molar-refractivity contribution >= 4 is 29.7 Å². The van der Waals surface area contributed by atoms with Crippen LogP contribution in [0, 0.1) is 17.5 Å². The van der Waals surface area contributed by atoms with Gasteiger partial charge in [0.2, 0.25) is 0 Å². The fourth-order valence-electron chi connectivity index (χ4n) is 5.73. The lowest BCUT2D eigenvalue weighted by Gasteiger charge is -2.49. The molecule has 5 rings (SSSR count). The second-order valence-electron chi connectivity index (χ2n) is 11.6. The van der Waals surface area contributed by atoms with Crippen molar-refractivity contribution in [3.05, 3.63) is 71.2 Å². The number of carbonyl (C=O) groups is 3. The number of thioether (sulfide) groups is 1. The van der Waals surface area contributed by atoms with Crippen molar-refractivity contribution < 1.29 is 64.8 Å². The second-order valence-corrected chi connectivity index (χ2v) is 12.8. The SMILES string of the molecule is CC(=O)OC[C@H]1O[C@@H](SC(c2ccccc2C(F)(F)F)C2(O)CNC2)[C@H](OC(C)=O)[C@@H](n2cc(-c3cc(F)c(F)c(F)c3)nn2)[C@H]1OC(C)=O. The zero-order chi connectivity index (χ0) is 36.5. The third kappa shape index (κ3) is 7.90. The Bertz CT molecular complexity index is 1730. The number of aromatic nitrogens is 3. The Hall–Kier alpha value is -4.20. The number of halogens is 6. The quantitative estimate of drug-likeness (QED) is 0.135. The van der Waals surface area contributed by atoms with Gasteiger partial charge in [-0.3, -0.25) is 14.4 Å². The number of β-amino-alcohol motifs (C(OH)–C–C–N with tert-alkyl or cyclic N) is 1. The summed E-state index contributed by atoms with van der Waals surface area (Å²) >= 11 is 0.675. The maximum Gasteiger partial charge on any atom is 0.416 e. The lowest BCUT2D eigenvalue weighted by atomic mass is 9.86. The smallest absolute Gasteiger partial charge is 0.416 e. The fourth-order valence-corrected chi connectivity index (χ4v) is 7.34. The first kappa shape index (κ1) is 37.1. The van der Waals surface area contributed by atoms with E-state index in [4.69, 9.17) is 18.9 Å². The Morgan fingerprint density at radius 2 is 1.66 bits per heavy atom. The number of alkyl halides is 3. The molecule has 0 bridgehead atoms. The number of hydrogen-bond acceptors (Lipinski definition) is 12. The maximum atomic E-state index is 14.3. The number of nitrogens with one attached hydrogen (secondary N) is 1. The molecule has 6 atom stereocenters. The largest absolute Gasteiger partial charge is 0.463 e. The molecule has 2 aliphatic rings. The van der Waals surface area contributed by atoms with E-state index in [9.17, 15) is 45.8 Å². The van der Waals surface area contributed by atoms with Gasteiger partial charge in [0.15, 0.2) is 29.7 Å². The van der Waals surface area contributed by atoms with Crippen LogP contribution in [0.4, 0.5) is 26.3 Å². The average Bonchev–Trinajstić information content (AvgIpc) is 3.50. The van der Waals surface area contributed by atoms with Crippen LogP contribution in [0.2, 0.25) is 0 Å². The molecular formula is C31H30F6N4O8S. The first-order chi connectivity index (χ1) is 23.5. The Labute approximate surface area is 284 Å². The summed E-state index contributed by atoms with van der Waals surface area (Å²) in [5, 5.41) is 20.9. The van der Waals surface area contributed by atoms with Crippen LogP contribution in [-0.2, 0) is 39.5 Å². The molecule has 0 radical (unpaired) electrons. The normalized spacial score (nSPS) is 23.8. The van der Waals surface area contributed by atoms with Crippen molar-refractivity contribution in [2.24, 2.45) is 0 Å². The van der Waals surface area contributed by atoms with Crippen LogP contribution < -0.4 is 5.32 Å². The number of esters is 3. The zero-order valence-corrected chi connectivity index (χ0v) is 27.3. The Balaban J connectivity index is 1.65. The second kappa shape index (κ2) is 14.6. The lowest BCUT2D eigenvalue weighted by molar-refractivity contribution is -0.212.